The Bertz CT molecular complexity index is 695. The fourth-order valence-electron chi connectivity index (χ4n) is 2.63. The molecule has 0 aliphatic carbocycles. The van der Waals surface area contributed by atoms with E-state index in [0.717, 1.165) is 6.07 Å². The monoisotopic (exact) mass is 310 g/mol. The van der Waals surface area contributed by atoms with Gasteiger partial charge in [0.2, 0.25) is 11.9 Å². The van der Waals surface area contributed by atoms with Crippen molar-refractivity contribution in [1.82, 2.24) is 15.0 Å². The second-order valence-electron chi connectivity index (χ2n) is 4.94. The van der Waals surface area contributed by atoms with E-state index in [1.54, 1.807) is 11.0 Å². The summed E-state index contributed by atoms with van der Waals surface area (Å²) in [6.07, 6.45) is -4.04. The third kappa shape index (κ3) is 2.61. The molecule has 1 aromatic heterocycles. The van der Waals surface area contributed by atoms with Crippen LogP contribution in [0.2, 0.25) is 0 Å². The third-order valence-electron chi connectivity index (χ3n) is 3.48. The van der Waals surface area contributed by atoms with Crippen molar-refractivity contribution in [3.63, 3.8) is 0 Å². The zero-order valence-corrected chi connectivity index (χ0v) is 11.4. The predicted molar refractivity (Wildman–Crippen MR) is 74.8 cm³/mol. The number of hydrogen-bond donors (Lipinski definition) is 2. The van der Waals surface area contributed by atoms with Crippen molar-refractivity contribution in [2.45, 2.75) is 19.1 Å². The summed E-state index contributed by atoms with van der Waals surface area (Å²) < 4.78 is 39.1. The molecule has 1 aromatic carbocycles. The third-order valence-corrected chi connectivity index (χ3v) is 3.48. The molecule has 116 valence electrons. The average molecular weight is 310 g/mol. The van der Waals surface area contributed by atoms with Gasteiger partial charge >= 0.3 is 6.18 Å². The van der Waals surface area contributed by atoms with Gasteiger partial charge in [-0.2, -0.15) is 28.1 Å². The summed E-state index contributed by atoms with van der Waals surface area (Å²) in [4.78, 5) is 13.3. The highest BCUT2D eigenvalue weighted by Gasteiger charge is 2.36. The van der Waals surface area contributed by atoms with Gasteiger partial charge in [0.05, 0.1) is 12.1 Å². The zero-order chi connectivity index (χ0) is 15.9. The van der Waals surface area contributed by atoms with Gasteiger partial charge in [-0.15, -0.1) is 0 Å². The molecule has 22 heavy (non-hydrogen) atoms. The standard InChI is InChI=1S/C13H13F3N6/c14-13(15,16)8-2-1-3-9-7(8)4-5-22(9)6-10-19-11(17)21-12(18)20-10/h1-3H,4-6H2,(H4,17,18,19,20,21). The molecule has 1 aliphatic heterocycles. The molecular weight excluding hydrogens is 297 g/mol. The summed E-state index contributed by atoms with van der Waals surface area (Å²) in [5, 5.41) is 0. The molecule has 6 nitrogen and oxygen atoms in total. The largest absolute Gasteiger partial charge is 0.416 e. The smallest absolute Gasteiger partial charge is 0.368 e. The Morgan fingerprint density at radius 2 is 1.77 bits per heavy atom. The van der Waals surface area contributed by atoms with E-state index in [9.17, 15) is 13.2 Å². The number of nitrogens with zero attached hydrogens (tertiary/aromatic N) is 4. The lowest BCUT2D eigenvalue weighted by atomic mass is 10.0. The van der Waals surface area contributed by atoms with Gasteiger partial charge in [-0.1, -0.05) is 6.07 Å². The van der Waals surface area contributed by atoms with Gasteiger partial charge in [-0.25, -0.2) is 0 Å². The Kier molecular flexibility index (Phi) is 3.27. The van der Waals surface area contributed by atoms with Gasteiger partial charge in [0.25, 0.3) is 0 Å². The molecule has 2 heterocycles. The Morgan fingerprint density at radius 1 is 1.09 bits per heavy atom. The number of fused-ring (bicyclic) bond motifs is 1. The van der Waals surface area contributed by atoms with E-state index in [4.69, 9.17) is 11.5 Å². The number of alkyl halides is 3. The molecule has 4 N–H and O–H groups in total. The highest BCUT2D eigenvalue weighted by atomic mass is 19.4. The highest BCUT2D eigenvalue weighted by molar-refractivity contribution is 5.61. The molecule has 0 radical (unpaired) electrons. The minimum atomic E-state index is -4.36. The maximum atomic E-state index is 13.0. The first kappa shape index (κ1) is 14.4. The minimum Gasteiger partial charge on any atom is -0.368 e. The number of hydrogen-bond acceptors (Lipinski definition) is 6. The average Bonchev–Trinajstić information content (AvgIpc) is 2.79. The van der Waals surface area contributed by atoms with E-state index in [2.05, 4.69) is 15.0 Å². The molecular formula is C13H13F3N6. The van der Waals surface area contributed by atoms with Gasteiger partial charge < -0.3 is 16.4 Å². The van der Waals surface area contributed by atoms with Gasteiger partial charge in [0, 0.05) is 12.2 Å². The molecule has 0 bridgehead atoms. The number of halogens is 3. The number of rotatable bonds is 2. The molecule has 0 spiro atoms. The van der Waals surface area contributed by atoms with Crippen molar-refractivity contribution in [3.05, 3.63) is 35.2 Å². The molecule has 0 fully saturated rings. The van der Waals surface area contributed by atoms with E-state index in [0.29, 0.717) is 30.0 Å². The number of anilines is 3. The Morgan fingerprint density at radius 3 is 2.41 bits per heavy atom. The van der Waals surface area contributed by atoms with Gasteiger partial charge in [0.15, 0.2) is 5.82 Å². The Hall–Kier alpha value is -2.58. The van der Waals surface area contributed by atoms with Crippen molar-refractivity contribution in [1.29, 1.82) is 0 Å². The molecule has 0 unspecified atom stereocenters. The summed E-state index contributed by atoms with van der Waals surface area (Å²) in [5.41, 5.74) is 11.2. The summed E-state index contributed by atoms with van der Waals surface area (Å²) in [6, 6.07) is 4.16. The second kappa shape index (κ2) is 5.00. The van der Waals surface area contributed by atoms with Crippen molar-refractivity contribution in [2.24, 2.45) is 0 Å². The SMILES string of the molecule is Nc1nc(N)nc(CN2CCc3c2cccc3C(F)(F)F)n1. The lowest BCUT2D eigenvalue weighted by Gasteiger charge is -2.19. The van der Waals surface area contributed by atoms with Crippen LogP contribution in [0, 0.1) is 0 Å². The highest BCUT2D eigenvalue weighted by Crippen LogP contribution is 2.39. The molecule has 0 saturated heterocycles. The normalized spacial score (nSPS) is 14.2. The molecule has 0 atom stereocenters. The Balaban J connectivity index is 1.92. The van der Waals surface area contributed by atoms with Gasteiger partial charge in [-0.05, 0) is 24.1 Å². The Labute approximate surface area is 124 Å². The minimum absolute atomic E-state index is 0.00837. The van der Waals surface area contributed by atoms with Crippen LogP contribution in [-0.2, 0) is 19.1 Å². The summed E-state index contributed by atoms with van der Waals surface area (Å²) >= 11 is 0. The lowest BCUT2D eigenvalue weighted by Crippen LogP contribution is -2.22. The zero-order valence-electron chi connectivity index (χ0n) is 11.4. The molecule has 0 saturated carbocycles. The second-order valence-corrected chi connectivity index (χ2v) is 4.94. The van der Waals surface area contributed by atoms with Crippen molar-refractivity contribution in [2.75, 3.05) is 22.9 Å². The quantitative estimate of drug-likeness (QED) is 0.875. The van der Waals surface area contributed by atoms with Crippen LogP contribution in [0.25, 0.3) is 0 Å². The number of nitrogen functional groups attached to an aromatic ring is 2. The fourth-order valence-corrected chi connectivity index (χ4v) is 2.63. The molecule has 0 amide bonds. The number of aromatic nitrogens is 3. The van der Waals surface area contributed by atoms with Crippen LogP contribution in [-0.4, -0.2) is 21.5 Å². The first-order chi connectivity index (χ1) is 10.3. The van der Waals surface area contributed by atoms with E-state index >= 15 is 0 Å². The maximum absolute atomic E-state index is 13.0. The first-order valence-electron chi connectivity index (χ1n) is 6.54. The van der Waals surface area contributed by atoms with Crippen LogP contribution in [0.1, 0.15) is 17.0 Å². The van der Waals surface area contributed by atoms with Crippen LogP contribution < -0.4 is 16.4 Å². The predicted octanol–water partition coefficient (Wildman–Crippen LogP) is 1.62. The summed E-state index contributed by atoms with van der Waals surface area (Å²) in [6.45, 7) is 0.680. The molecule has 3 rings (SSSR count). The molecule has 1 aliphatic rings. The molecule has 2 aromatic rings. The van der Waals surface area contributed by atoms with Crippen molar-refractivity contribution in [3.8, 4) is 0 Å². The topological polar surface area (TPSA) is 93.9 Å². The van der Waals surface area contributed by atoms with Crippen LogP contribution in [0.4, 0.5) is 30.8 Å². The van der Waals surface area contributed by atoms with E-state index in [1.807, 2.05) is 0 Å². The van der Waals surface area contributed by atoms with Crippen LogP contribution >= 0.6 is 0 Å². The van der Waals surface area contributed by atoms with E-state index in [1.165, 1.54) is 6.07 Å². The van der Waals surface area contributed by atoms with E-state index < -0.39 is 11.7 Å². The van der Waals surface area contributed by atoms with E-state index in [-0.39, 0.29) is 18.4 Å². The lowest BCUT2D eigenvalue weighted by molar-refractivity contribution is -0.138. The maximum Gasteiger partial charge on any atom is 0.416 e. The van der Waals surface area contributed by atoms with Crippen LogP contribution in [0.15, 0.2) is 18.2 Å². The first-order valence-corrected chi connectivity index (χ1v) is 6.54. The van der Waals surface area contributed by atoms with Gasteiger partial charge in [-0.3, -0.25) is 0 Å². The van der Waals surface area contributed by atoms with Crippen molar-refractivity contribution >= 4 is 17.6 Å². The summed E-state index contributed by atoms with van der Waals surface area (Å²) in [7, 11) is 0. The number of nitrogens with two attached hydrogens (primary N) is 2. The van der Waals surface area contributed by atoms with Crippen LogP contribution in [0.3, 0.4) is 0 Å². The van der Waals surface area contributed by atoms with Crippen LogP contribution in [0.5, 0.6) is 0 Å². The number of benzene rings is 1. The van der Waals surface area contributed by atoms with Gasteiger partial charge in [0.1, 0.15) is 0 Å². The molecule has 9 heteroatoms. The fraction of sp³-hybridized carbons (Fsp3) is 0.308. The van der Waals surface area contributed by atoms with Crippen molar-refractivity contribution < 1.29 is 13.2 Å². The summed E-state index contributed by atoms with van der Waals surface area (Å²) in [5.74, 6) is 0.312.